The predicted molar refractivity (Wildman–Crippen MR) is 126 cm³/mol. The van der Waals surface area contributed by atoms with E-state index in [-0.39, 0.29) is 17.9 Å². The van der Waals surface area contributed by atoms with E-state index in [1.807, 2.05) is 59.5 Å². The number of thioether (sulfide) groups is 1. The third-order valence-electron chi connectivity index (χ3n) is 5.38. The second kappa shape index (κ2) is 10.4. The summed E-state index contributed by atoms with van der Waals surface area (Å²) in [5, 5.41) is 0.533. The highest BCUT2D eigenvalue weighted by Gasteiger charge is 2.23. The highest BCUT2D eigenvalue weighted by molar-refractivity contribution is 7.98. The van der Waals surface area contributed by atoms with Gasteiger partial charge >= 0.3 is 0 Å². The van der Waals surface area contributed by atoms with Crippen molar-refractivity contribution in [1.82, 2.24) is 14.9 Å². The number of para-hydroxylation sites is 2. The highest BCUT2D eigenvalue weighted by Crippen LogP contribution is 2.28. The van der Waals surface area contributed by atoms with E-state index < -0.39 is 0 Å². The van der Waals surface area contributed by atoms with Gasteiger partial charge in [0.2, 0.25) is 5.91 Å². The van der Waals surface area contributed by atoms with E-state index in [1.54, 1.807) is 7.11 Å². The first-order valence-corrected chi connectivity index (χ1v) is 11.5. The molecule has 0 aliphatic carbocycles. The van der Waals surface area contributed by atoms with Crippen molar-refractivity contribution in [1.29, 1.82) is 0 Å². The number of methoxy groups -OCH3 is 1. The van der Waals surface area contributed by atoms with Gasteiger partial charge in [-0.15, -0.1) is 0 Å². The number of aromatic amines is 1. The van der Waals surface area contributed by atoms with Crippen LogP contribution in [0.25, 0.3) is 0 Å². The molecule has 0 bridgehead atoms. The number of nitrogens with one attached hydrogen (secondary N) is 1. The van der Waals surface area contributed by atoms with Crippen LogP contribution in [0.15, 0.2) is 70.6 Å². The molecule has 1 saturated heterocycles. The molecule has 0 saturated carbocycles. The van der Waals surface area contributed by atoms with Crippen LogP contribution in [0.5, 0.6) is 5.75 Å². The van der Waals surface area contributed by atoms with Crippen LogP contribution >= 0.6 is 11.8 Å². The second-order valence-electron chi connectivity index (χ2n) is 7.53. The molecule has 3 aromatic rings. The van der Waals surface area contributed by atoms with Crippen molar-refractivity contribution >= 4 is 23.4 Å². The monoisotopic (exact) mass is 450 g/mol. The molecule has 32 heavy (non-hydrogen) atoms. The normalized spacial score (nSPS) is 13.8. The number of amides is 1. The summed E-state index contributed by atoms with van der Waals surface area (Å²) in [6, 6.07) is 19.3. The Morgan fingerprint density at radius 1 is 1.06 bits per heavy atom. The van der Waals surface area contributed by atoms with Gasteiger partial charge in [-0.05, 0) is 17.7 Å². The zero-order valence-electron chi connectivity index (χ0n) is 18.0. The first kappa shape index (κ1) is 22.0. The molecule has 1 N–H and O–H groups in total. The molecule has 166 valence electrons. The van der Waals surface area contributed by atoms with E-state index in [0.29, 0.717) is 29.7 Å². The van der Waals surface area contributed by atoms with E-state index in [2.05, 4.69) is 14.9 Å². The number of ether oxygens (including phenoxy) is 1. The van der Waals surface area contributed by atoms with E-state index in [0.717, 1.165) is 30.1 Å². The molecule has 1 aromatic heterocycles. The van der Waals surface area contributed by atoms with E-state index in [4.69, 9.17) is 4.74 Å². The van der Waals surface area contributed by atoms with Gasteiger partial charge in [0.05, 0.1) is 24.9 Å². The minimum atomic E-state index is -0.237. The number of rotatable bonds is 7. The predicted octanol–water partition coefficient (Wildman–Crippen LogP) is 2.96. The van der Waals surface area contributed by atoms with Crippen molar-refractivity contribution in [2.24, 2.45) is 0 Å². The number of hydrogen-bond acceptors (Lipinski definition) is 6. The van der Waals surface area contributed by atoms with Crippen molar-refractivity contribution in [2.45, 2.75) is 17.3 Å². The van der Waals surface area contributed by atoms with E-state index >= 15 is 0 Å². The number of nitrogens with zero attached hydrogens (tertiary/aromatic N) is 3. The van der Waals surface area contributed by atoms with Crippen LogP contribution in [0, 0.1) is 0 Å². The summed E-state index contributed by atoms with van der Waals surface area (Å²) < 4.78 is 5.46. The van der Waals surface area contributed by atoms with Crippen molar-refractivity contribution < 1.29 is 9.53 Å². The standard InChI is InChI=1S/C24H26N4O3S/c1-31-21-10-6-5-9-20(21)27-11-13-28(14-12-27)23(30)16-19-15-22(29)26-24(25-19)32-17-18-7-3-2-4-8-18/h2-10,15H,11-14,16-17H2,1H3,(H,25,26,29). The number of anilines is 1. The molecule has 0 radical (unpaired) electrons. The Labute approximate surface area is 191 Å². The van der Waals surface area contributed by atoms with Gasteiger partial charge in [-0.25, -0.2) is 4.98 Å². The van der Waals surface area contributed by atoms with Gasteiger partial charge in [-0.2, -0.15) is 0 Å². The van der Waals surface area contributed by atoms with E-state index in [9.17, 15) is 9.59 Å². The fourth-order valence-corrected chi connectivity index (χ4v) is 4.57. The lowest BCUT2D eigenvalue weighted by atomic mass is 10.2. The lowest BCUT2D eigenvalue weighted by Gasteiger charge is -2.36. The van der Waals surface area contributed by atoms with Crippen LogP contribution in [0.2, 0.25) is 0 Å². The van der Waals surface area contributed by atoms with Gasteiger partial charge in [0.15, 0.2) is 5.16 Å². The van der Waals surface area contributed by atoms with E-state index in [1.165, 1.54) is 17.8 Å². The third kappa shape index (κ3) is 5.50. The fraction of sp³-hybridized carbons (Fsp3) is 0.292. The summed E-state index contributed by atoms with van der Waals surface area (Å²) in [4.78, 5) is 36.3. The molecular weight excluding hydrogens is 424 g/mol. The first-order chi connectivity index (χ1) is 15.6. The minimum Gasteiger partial charge on any atom is -0.495 e. The van der Waals surface area contributed by atoms with Crippen molar-refractivity contribution in [3.63, 3.8) is 0 Å². The minimum absolute atomic E-state index is 0.0122. The Balaban J connectivity index is 1.35. The maximum absolute atomic E-state index is 12.9. The number of hydrogen-bond donors (Lipinski definition) is 1. The van der Waals surface area contributed by atoms with Gasteiger partial charge < -0.3 is 19.5 Å². The molecule has 7 nitrogen and oxygen atoms in total. The van der Waals surface area contributed by atoms with Crippen molar-refractivity contribution in [2.75, 3.05) is 38.2 Å². The molecule has 4 rings (SSSR count). The summed E-state index contributed by atoms with van der Waals surface area (Å²) in [5.74, 6) is 1.52. The molecule has 0 unspecified atom stereocenters. The van der Waals surface area contributed by atoms with Gasteiger partial charge in [-0.1, -0.05) is 54.2 Å². The van der Waals surface area contributed by atoms with Crippen LogP contribution < -0.4 is 15.2 Å². The van der Waals surface area contributed by atoms with Crippen molar-refractivity contribution in [3.05, 3.63) is 82.3 Å². The molecule has 1 aliphatic rings. The van der Waals surface area contributed by atoms with Gasteiger partial charge in [0, 0.05) is 38.0 Å². The maximum atomic E-state index is 12.9. The molecular formula is C24H26N4O3S. The number of aromatic nitrogens is 2. The average molecular weight is 451 g/mol. The molecule has 2 heterocycles. The van der Waals surface area contributed by atoms with Gasteiger partial charge in [0.1, 0.15) is 5.75 Å². The van der Waals surface area contributed by atoms with Gasteiger partial charge in [-0.3, -0.25) is 9.59 Å². The third-order valence-corrected chi connectivity index (χ3v) is 6.33. The number of carbonyl (C=O) groups is 1. The Morgan fingerprint density at radius 3 is 2.53 bits per heavy atom. The molecule has 1 fully saturated rings. The van der Waals surface area contributed by atoms with Crippen LogP contribution in [0.3, 0.4) is 0 Å². The molecule has 1 amide bonds. The second-order valence-corrected chi connectivity index (χ2v) is 8.50. The van der Waals surface area contributed by atoms with Crippen LogP contribution in [-0.2, 0) is 17.0 Å². The Hall–Kier alpha value is -3.26. The number of benzene rings is 2. The smallest absolute Gasteiger partial charge is 0.251 e. The Bertz CT molecular complexity index is 1110. The zero-order chi connectivity index (χ0) is 22.3. The summed E-state index contributed by atoms with van der Waals surface area (Å²) in [6.45, 7) is 2.70. The maximum Gasteiger partial charge on any atom is 0.251 e. The number of H-pyrrole nitrogens is 1. The summed E-state index contributed by atoms with van der Waals surface area (Å²) in [6.07, 6.45) is 0.122. The van der Waals surface area contributed by atoms with Crippen LogP contribution in [-0.4, -0.2) is 54.1 Å². The van der Waals surface area contributed by atoms with Crippen molar-refractivity contribution in [3.8, 4) is 5.75 Å². The van der Waals surface area contributed by atoms with Gasteiger partial charge in [0.25, 0.3) is 5.56 Å². The Morgan fingerprint density at radius 2 is 1.78 bits per heavy atom. The highest BCUT2D eigenvalue weighted by atomic mass is 32.2. The molecule has 2 aromatic carbocycles. The van der Waals surface area contributed by atoms with Crippen LogP contribution in [0.4, 0.5) is 5.69 Å². The summed E-state index contributed by atoms with van der Waals surface area (Å²) >= 11 is 1.46. The van der Waals surface area contributed by atoms with Crippen LogP contribution in [0.1, 0.15) is 11.3 Å². The lowest BCUT2D eigenvalue weighted by Crippen LogP contribution is -2.49. The average Bonchev–Trinajstić information content (AvgIpc) is 2.83. The molecule has 0 spiro atoms. The molecule has 0 atom stereocenters. The largest absolute Gasteiger partial charge is 0.495 e. The topological polar surface area (TPSA) is 78.5 Å². The SMILES string of the molecule is COc1ccccc1N1CCN(C(=O)Cc2cc(=O)[nH]c(SCc3ccccc3)n2)CC1. The molecule has 8 heteroatoms. The molecule has 1 aliphatic heterocycles. The fourth-order valence-electron chi connectivity index (χ4n) is 3.72. The first-order valence-electron chi connectivity index (χ1n) is 10.5. The number of carbonyl (C=O) groups excluding carboxylic acids is 1. The zero-order valence-corrected chi connectivity index (χ0v) is 18.8. The summed E-state index contributed by atoms with van der Waals surface area (Å²) in [5.41, 5.74) is 2.45. The summed E-state index contributed by atoms with van der Waals surface area (Å²) in [7, 11) is 1.67. The lowest BCUT2D eigenvalue weighted by molar-refractivity contribution is -0.130. The number of piperazine rings is 1. The quantitative estimate of drug-likeness (QED) is 0.441. The Kier molecular flexibility index (Phi) is 7.11.